The molecule has 1 saturated carbocycles. The molecule has 1 amide bonds. The molecule has 44 heavy (non-hydrogen) atoms. The lowest BCUT2D eigenvalue weighted by Crippen LogP contribution is -2.32. The van der Waals surface area contributed by atoms with Crippen molar-refractivity contribution in [3.8, 4) is 5.69 Å². The number of rotatable bonds is 6. The number of hydrogen-bond acceptors (Lipinski definition) is 10. The highest BCUT2D eigenvalue weighted by Gasteiger charge is 2.42. The maximum absolute atomic E-state index is 13.8. The number of carbonyl (C=O) groups excluding carboxylic acids is 3. The summed E-state index contributed by atoms with van der Waals surface area (Å²) in [5.41, 5.74) is 4.14. The van der Waals surface area contributed by atoms with Gasteiger partial charge in [0.15, 0.2) is 22.8 Å². The molecule has 1 fully saturated rings. The molecule has 1 aromatic carbocycles. The molecule has 2 aliphatic rings. The van der Waals surface area contributed by atoms with Gasteiger partial charge in [0, 0.05) is 25.2 Å². The molecule has 0 saturated heterocycles. The van der Waals surface area contributed by atoms with E-state index in [1.807, 2.05) is 0 Å². The molecular weight excluding hydrogens is 587 g/mol. The average molecular weight is 614 g/mol. The molecule has 0 unspecified atom stereocenters. The Morgan fingerprint density at radius 1 is 1.11 bits per heavy atom. The number of alkyl halides is 3. The van der Waals surface area contributed by atoms with Crippen LogP contribution in [0.25, 0.3) is 11.3 Å². The van der Waals surface area contributed by atoms with Gasteiger partial charge in [-0.3, -0.25) is 9.59 Å². The van der Waals surface area contributed by atoms with Crippen LogP contribution in [0.1, 0.15) is 81.1 Å². The second kappa shape index (κ2) is 10.9. The van der Waals surface area contributed by atoms with E-state index < -0.39 is 46.9 Å². The zero-order valence-electron chi connectivity index (χ0n) is 23.3. The topological polar surface area (TPSA) is 181 Å². The van der Waals surface area contributed by atoms with Crippen molar-refractivity contribution in [1.82, 2.24) is 34.2 Å². The highest BCUT2D eigenvalue weighted by molar-refractivity contribution is 6.00. The number of benzene rings is 1. The summed E-state index contributed by atoms with van der Waals surface area (Å²) in [6, 6.07) is 4.16. The summed E-state index contributed by atoms with van der Waals surface area (Å²) in [6.45, 7) is 0. The van der Waals surface area contributed by atoms with Gasteiger partial charge in [0.25, 0.3) is 5.91 Å². The fourth-order valence-corrected chi connectivity index (χ4v) is 5.71. The summed E-state index contributed by atoms with van der Waals surface area (Å²) in [5, 5.41) is 14.6. The van der Waals surface area contributed by atoms with E-state index in [2.05, 4.69) is 25.7 Å². The van der Waals surface area contributed by atoms with Crippen molar-refractivity contribution in [3.05, 3.63) is 63.2 Å². The first-order chi connectivity index (χ1) is 20.9. The first kappa shape index (κ1) is 29.0. The number of esters is 1. The minimum atomic E-state index is -4.81. The van der Waals surface area contributed by atoms with E-state index in [0.29, 0.717) is 37.8 Å². The number of nitrogens with two attached hydrogens (primary N) is 1. The summed E-state index contributed by atoms with van der Waals surface area (Å²) in [5.74, 6) is -2.08. The maximum Gasteiger partial charge on any atom is 0.435 e. The fraction of sp³-hybridized carbons (Fsp3) is 0.407. The lowest BCUT2D eigenvalue weighted by Gasteiger charge is -2.30. The molecule has 0 spiro atoms. The van der Waals surface area contributed by atoms with Crippen LogP contribution in [0.3, 0.4) is 0 Å². The summed E-state index contributed by atoms with van der Waals surface area (Å²) in [4.78, 5) is 53.6. The van der Waals surface area contributed by atoms with Crippen LogP contribution in [0, 0.1) is 0 Å². The predicted octanol–water partition coefficient (Wildman–Crippen LogP) is 2.23. The first-order valence-corrected chi connectivity index (χ1v) is 13.8. The van der Waals surface area contributed by atoms with Gasteiger partial charge in [-0.2, -0.15) is 23.0 Å². The third kappa shape index (κ3) is 5.17. The monoisotopic (exact) mass is 613 g/mol. The summed E-state index contributed by atoms with van der Waals surface area (Å²) < 4.78 is 50.1. The van der Waals surface area contributed by atoms with Crippen molar-refractivity contribution in [2.45, 2.75) is 63.3 Å². The largest absolute Gasteiger partial charge is 0.458 e. The van der Waals surface area contributed by atoms with Gasteiger partial charge in [-0.25, -0.2) is 23.7 Å². The average Bonchev–Trinajstić information content (AvgIpc) is 3.60. The second-order valence-corrected chi connectivity index (χ2v) is 10.8. The quantitative estimate of drug-likeness (QED) is 0.306. The summed E-state index contributed by atoms with van der Waals surface area (Å²) in [6.07, 6.45) is -1.48. The number of carbonyl (C=O) groups is 3. The Bertz CT molecular complexity index is 1870. The molecule has 14 nitrogen and oxygen atoms in total. The Balaban J connectivity index is 1.18. The molecule has 230 valence electrons. The van der Waals surface area contributed by atoms with Gasteiger partial charge >= 0.3 is 17.8 Å². The highest BCUT2D eigenvalue weighted by atomic mass is 19.4. The maximum atomic E-state index is 13.8. The predicted molar refractivity (Wildman–Crippen MR) is 145 cm³/mol. The van der Waals surface area contributed by atoms with E-state index in [4.69, 9.17) is 10.5 Å². The molecule has 3 aromatic heterocycles. The Labute approximate surface area is 246 Å². The third-order valence-electron chi connectivity index (χ3n) is 7.86. The van der Waals surface area contributed by atoms with Crippen molar-refractivity contribution in [2.75, 3.05) is 5.32 Å². The van der Waals surface area contributed by atoms with Crippen LogP contribution in [0.2, 0.25) is 0 Å². The van der Waals surface area contributed by atoms with Crippen molar-refractivity contribution in [3.63, 3.8) is 0 Å². The number of fused-ring (bicyclic) bond motifs is 2. The number of aryl methyl sites for hydroxylation is 1. The Morgan fingerprint density at radius 3 is 2.57 bits per heavy atom. The lowest BCUT2D eigenvalue weighted by molar-refractivity contribution is -0.141. The minimum Gasteiger partial charge on any atom is -0.458 e. The van der Waals surface area contributed by atoms with Gasteiger partial charge in [-0.15, -0.1) is 5.10 Å². The molecular formula is C27H26F3N9O5. The molecule has 3 N–H and O–H groups in total. The highest BCUT2D eigenvalue weighted by Crippen LogP contribution is 2.37. The Hall–Kier alpha value is -5.09. The van der Waals surface area contributed by atoms with Gasteiger partial charge in [0.05, 0.1) is 22.5 Å². The molecule has 0 aliphatic heterocycles. The van der Waals surface area contributed by atoms with Crippen LogP contribution in [0.15, 0.2) is 29.3 Å². The van der Waals surface area contributed by atoms with E-state index in [-0.39, 0.29) is 47.2 Å². The van der Waals surface area contributed by atoms with Crippen molar-refractivity contribution >= 4 is 29.0 Å². The van der Waals surface area contributed by atoms with E-state index >= 15 is 0 Å². The first-order valence-electron chi connectivity index (χ1n) is 13.8. The van der Waals surface area contributed by atoms with Gasteiger partial charge < -0.3 is 15.8 Å². The van der Waals surface area contributed by atoms with Crippen LogP contribution >= 0.6 is 0 Å². The molecule has 4 aromatic rings. The van der Waals surface area contributed by atoms with Crippen molar-refractivity contribution < 1.29 is 32.3 Å². The number of nitrogens with zero attached hydrogens (tertiary/aromatic N) is 7. The lowest BCUT2D eigenvalue weighted by atomic mass is 9.92. The number of anilines is 1. The number of hydrogen-bond donors (Lipinski definition) is 2. The number of Topliss-reactive ketones (excluding diaryl/α,β-unsaturated/α-hetero) is 1. The number of ketones is 1. The molecule has 17 heteroatoms. The molecule has 0 radical (unpaired) electrons. The molecule has 2 aliphatic carbocycles. The third-order valence-corrected chi connectivity index (χ3v) is 7.86. The number of imidazole rings is 1. The summed E-state index contributed by atoms with van der Waals surface area (Å²) in [7, 11) is 1.41. The van der Waals surface area contributed by atoms with Crippen molar-refractivity contribution in [1.29, 1.82) is 0 Å². The van der Waals surface area contributed by atoms with Crippen LogP contribution in [-0.4, -0.2) is 64.0 Å². The normalized spacial score (nSPS) is 18.7. The number of ether oxygens (including phenoxy) is 1. The van der Waals surface area contributed by atoms with Crippen LogP contribution in [-0.2, 0) is 24.4 Å². The summed E-state index contributed by atoms with van der Waals surface area (Å²) >= 11 is 0. The SMILES string of the molecule is Cn1nnc2c(C(=O)OC3CCC(Nc4cc(-n5nc(C(F)(F)F)c6c5CCCC6=O)ccc4C(N)=O)CC3)ncn2c1=O. The van der Waals surface area contributed by atoms with Crippen molar-refractivity contribution in [2.24, 2.45) is 12.8 Å². The standard InChI is InChI=1S/C27H26F3N9O5/c1-37-26(43)38-12-32-21(24(38)34-36-37)25(42)44-15-8-5-13(6-9-15)33-17-11-14(7-10-16(17)23(31)41)39-18-3-2-4-19(40)20(18)22(35-39)27(28,29)30/h7,10-13,15,33H,2-6,8-9H2,1H3,(H2,31,41). The minimum absolute atomic E-state index is 0.0139. The van der Waals surface area contributed by atoms with E-state index in [0.717, 1.165) is 13.8 Å². The number of amides is 1. The molecule has 3 heterocycles. The van der Waals surface area contributed by atoms with E-state index in [1.165, 1.54) is 31.6 Å². The van der Waals surface area contributed by atoms with E-state index in [1.54, 1.807) is 0 Å². The molecule has 0 atom stereocenters. The molecule has 6 rings (SSSR count). The number of aromatic nitrogens is 7. The van der Waals surface area contributed by atoms with Gasteiger partial charge in [-0.05, 0) is 56.7 Å². The van der Waals surface area contributed by atoms with Crippen LogP contribution < -0.4 is 16.7 Å². The smallest absolute Gasteiger partial charge is 0.435 e. The fourth-order valence-electron chi connectivity index (χ4n) is 5.71. The Kier molecular flexibility index (Phi) is 7.17. The zero-order chi connectivity index (χ0) is 31.3. The molecule has 0 bridgehead atoms. The zero-order valence-corrected chi connectivity index (χ0v) is 23.3. The number of primary amides is 1. The van der Waals surface area contributed by atoms with Gasteiger partial charge in [-0.1, -0.05) is 5.21 Å². The van der Waals surface area contributed by atoms with Gasteiger partial charge in [0.2, 0.25) is 0 Å². The Morgan fingerprint density at radius 2 is 1.86 bits per heavy atom. The second-order valence-electron chi connectivity index (χ2n) is 10.8. The number of nitrogens with one attached hydrogen (secondary N) is 1. The van der Waals surface area contributed by atoms with E-state index in [9.17, 15) is 32.3 Å². The number of halogens is 3. The van der Waals surface area contributed by atoms with Crippen LogP contribution in [0.4, 0.5) is 18.9 Å². The van der Waals surface area contributed by atoms with Crippen LogP contribution in [0.5, 0.6) is 0 Å². The van der Waals surface area contributed by atoms with Gasteiger partial charge in [0.1, 0.15) is 12.4 Å².